The van der Waals surface area contributed by atoms with Crippen LogP contribution in [0.5, 0.6) is 0 Å². The summed E-state index contributed by atoms with van der Waals surface area (Å²) in [7, 11) is 0. The lowest BCUT2D eigenvalue weighted by atomic mass is 9.76. The largest absolute Gasteiger partial charge is 0.324 e. The second-order valence-corrected chi connectivity index (χ2v) is 12.4. The quantitative estimate of drug-likeness (QED) is 0.192. The Morgan fingerprint density at radius 3 is 2.33 bits per heavy atom. The molecule has 0 aliphatic carbocycles. The van der Waals surface area contributed by atoms with Crippen molar-refractivity contribution in [3.63, 3.8) is 0 Å². The molecule has 1 aliphatic heterocycles. The second-order valence-electron chi connectivity index (χ2n) is 12.4. The van der Waals surface area contributed by atoms with E-state index in [1.807, 2.05) is 75.4 Å². The number of hydrogen-bond donors (Lipinski definition) is 4. The Morgan fingerprint density at radius 2 is 1.69 bits per heavy atom. The number of anilines is 2. The first-order valence-corrected chi connectivity index (χ1v) is 14.6. The average Bonchev–Trinajstić information content (AvgIpc) is 3.52. The highest BCUT2D eigenvalue weighted by molar-refractivity contribution is 6.03. The number of urea groups is 1. The van der Waals surface area contributed by atoms with Gasteiger partial charge in [-0.15, -0.1) is 0 Å². The van der Waals surface area contributed by atoms with Crippen LogP contribution in [0.25, 0.3) is 5.69 Å². The molecule has 5 rings (SSSR count). The van der Waals surface area contributed by atoms with Crippen LogP contribution in [0.3, 0.4) is 0 Å². The number of nitrogens with zero attached hydrogens (tertiary/aromatic N) is 3. The molecule has 0 bridgehead atoms. The second kappa shape index (κ2) is 11.9. The predicted molar refractivity (Wildman–Crippen MR) is 167 cm³/mol. The summed E-state index contributed by atoms with van der Waals surface area (Å²) in [5, 5.41) is 21.4. The molecule has 1 atom stereocenters. The highest BCUT2D eigenvalue weighted by Gasteiger charge is 2.34. The van der Waals surface area contributed by atoms with E-state index >= 15 is 0 Å². The number of carbonyl (C=O) groups excluding carboxylic acids is 2. The van der Waals surface area contributed by atoms with Crippen LogP contribution in [0.15, 0.2) is 54.6 Å². The molecule has 3 heterocycles. The number of amides is 2. The standard InChI is InChI=1S/C33H41N7O2/c1-20-10-12-26(13-11-20)40-28(19-27(39-40)33(4,5)6)36-32(42)35-25-9-7-8-24(18-25)30(23-14-16-34-17-15-23)31(41)29-21(2)37-38-22(29)3/h7-13,18-19,23,30,34H,14-17H2,1-6H3,(H,37,38)(H2,35,36,42). The summed E-state index contributed by atoms with van der Waals surface area (Å²) in [6.45, 7) is 13.8. The maximum atomic E-state index is 14.0. The molecule has 1 unspecified atom stereocenters. The summed E-state index contributed by atoms with van der Waals surface area (Å²) < 4.78 is 1.76. The van der Waals surface area contributed by atoms with E-state index in [0.717, 1.165) is 54.1 Å². The van der Waals surface area contributed by atoms with Gasteiger partial charge < -0.3 is 10.6 Å². The molecule has 9 heteroatoms. The van der Waals surface area contributed by atoms with Gasteiger partial charge in [-0.1, -0.05) is 50.6 Å². The maximum Gasteiger partial charge on any atom is 0.324 e. The van der Waals surface area contributed by atoms with Gasteiger partial charge >= 0.3 is 6.03 Å². The first-order valence-electron chi connectivity index (χ1n) is 14.6. The number of piperidine rings is 1. The van der Waals surface area contributed by atoms with Gasteiger partial charge in [0.05, 0.1) is 28.6 Å². The predicted octanol–water partition coefficient (Wildman–Crippen LogP) is 6.43. The van der Waals surface area contributed by atoms with Crippen LogP contribution in [-0.2, 0) is 5.41 Å². The van der Waals surface area contributed by atoms with Gasteiger partial charge in [0.1, 0.15) is 5.82 Å². The highest BCUT2D eigenvalue weighted by atomic mass is 16.2. The number of H-pyrrole nitrogens is 1. The normalized spacial score (nSPS) is 14.9. The number of rotatable bonds is 7. The number of benzene rings is 2. The third-order valence-corrected chi connectivity index (χ3v) is 8.01. The van der Waals surface area contributed by atoms with Gasteiger partial charge in [0.2, 0.25) is 0 Å². The Morgan fingerprint density at radius 1 is 0.976 bits per heavy atom. The van der Waals surface area contributed by atoms with E-state index in [1.54, 1.807) is 4.68 Å². The third-order valence-electron chi connectivity index (χ3n) is 8.01. The fraction of sp³-hybridized carbons (Fsp3) is 0.394. The van der Waals surface area contributed by atoms with Gasteiger partial charge in [-0.25, -0.2) is 9.48 Å². The highest BCUT2D eigenvalue weighted by Crippen LogP contribution is 2.36. The minimum absolute atomic E-state index is 0.0731. The van der Waals surface area contributed by atoms with Crippen molar-refractivity contribution in [1.29, 1.82) is 0 Å². The average molecular weight is 568 g/mol. The molecule has 1 aliphatic rings. The van der Waals surface area contributed by atoms with Crippen molar-refractivity contribution in [2.75, 3.05) is 23.7 Å². The fourth-order valence-electron chi connectivity index (χ4n) is 5.69. The van der Waals surface area contributed by atoms with E-state index in [2.05, 4.69) is 46.9 Å². The summed E-state index contributed by atoms with van der Waals surface area (Å²) in [5.41, 5.74) is 6.35. The van der Waals surface area contributed by atoms with Crippen molar-refractivity contribution in [1.82, 2.24) is 25.3 Å². The molecule has 4 aromatic rings. The monoisotopic (exact) mass is 567 g/mol. The minimum Gasteiger partial charge on any atom is -0.317 e. The molecule has 4 N–H and O–H groups in total. The Kier molecular flexibility index (Phi) is 8.31. The summed E-state index contributed by atoms with van der Waals surface area (Å²) in [6, 6.07) is 17.2. The van der Waals surface area contributed by atoms with E-state index in [-0.39, 0.29) is 29.1 Å². The fourth-order valence-corrected chi connectivity index (χ4v) is 5.69. The van der Waals surface area contributed by atoms with Crippen molar-refractivity contribution < 1.29 is 9.59 Å². The molecule has 220 valence electrons. The zero-order chi connectivity index (χ0) is 30.0. The minimum atomic E-state index is -0.382. The van der Waals surface area contributed by atoms with E-state index in [0.29, 0.717) is 22.8 Å². The molecular weight excluding hydrogens is 526 g/mol. The number of aryl methyl sites for hydroxylation is 3. The van der Waals surface area contributed by atoms with E-state index in [4.69, 9.17) is 5.10 Å². The topological polar surface area (TPSA) is 117 Å². The van der Waals surface area contributed by atoms with E-state index in [1.165, 1.54) is 0 Å². The molecule has 2 aromatic carbocycles. The Labute approximate surface area is 247 Å². The zero-order valence-electron chi connectivity index (χ0n) is 25.3. The Bertz CT molecular complexity index is 1550. The van der Waals surface area contributed by atoms with Crippen molar-refractivity contribution in [3.05, 3.63) is 88.4 Å². The summed E-state index contributed by atoms with van der Waals surface area (Å²) >= 11 is 0. The maximum absolute atomic E-state index is 14.0. The van der Waals surface area contributed by atoms with Gasteiger partial charge in [0, 0.05) is 22.9 Å². The number of ketones is 1. The van der Waals surface area contributed by atoms with Gasteiger partial charge in [0.15, 0.2) is 5.78 Å². The molecule has 9 nitrogen and oxygen atoms in total. The lowest BCUT2D eigenvalue weighted by molar-refractivity contribution is 0.0915. The lowest BCUT2D eigenvalue weighted by Gasteiger charge is -2.30. The number of nitrogens with one attached hydrogen (secondary N) is 4. The molecule has 0 spiro atoms. The Hall–Kier alpha value is -4.24. The SMILES string of the molecule is Cc1ccc(-n2nc(C(C)(C)C)cc2NC(=O)Nc2cccc(C(C(=O)c3c(C)n[nH]c3C)C3CCNCC3)c2)cc1. The summed E-state index contributed by atoms with van der Waals surface area (Å²) in [5.74, 6) is 0.510. The van der Waals surface area contributed by atoms with Crippen molar-refractivity contribution >= 4 is 23.3 Å². The first kappa shape index (κ1) is 29.3. The number of hydrogen-bond acceptors (Lipinski definition) is 5. The summed E-state index contributed by atoms with van der Waals surface area (Å²) in [6.07, 6.45) is 1.81. The van der Waals surface area contributed by atoms with Gasteiger partial charge in [-0.05, 0) is 82.4 Å². The molecule has 42 heavy (non-hydrogen) atoms. The molecule has 2 amide bonds. The molecule has 1 saturated heterocycles. The van der Waals surface area contributed by atoms with Gasteiger partial charge in [-0.2, -0.15) is 10.2 Å². The number of aromatic amines is 1. The smallest absolute Gasteiger partial charge is 0.317 e. The summed E-state index contributed by atoms with van der Waals surface area (Å²) in [4.78, 5) is 27.3. The van der Waals surface area contributed by atoms with Gasteiger partial charge in [0.25, 0.3) is 0 Å². The van der Waals surface area contributed by atoms with Crippen molar-refractivity contribution in [2.45, 2.75) is 65.7 Å². The first-order chi connectivity index (χ1) is 20.0. The number of carbonyl (C=O) groups is 2. The lowest BCUT2D eigenvalue weighted by Crippen LogP contribution is -2.34. The molecular formula is C33H41N7O2. The van der Waals surface area contributed by atoms with Crippen LogP contribution in [0.1, 0.15) is 78.1 Å². The van der Waals surface area contributed by atoms with Crippen LogP contribution in [0.2, 0.25) is 0 Å². The van der Waals surface area contributed by atoms with E-state index in [9.17, 15) is 9.59 Å². The van der Waals surface area contributed by atoms with Crippen LogP contribution in [-0.4, -0.2) is 44.9 Å². The van der Waals surface area contributed by atoms with E-state index < -0.39 is 0 Å². The molecule has 1 fully saturated rings. The molecule has 0 radical (unpaired) electrons. The Balaban J connectivity index is 1.41. The van der Waals surface area contributed by atoms with Crippen LogP contribution >= 0.6 is 0 Å². The number of aromatic nitrogens is 4. The molecule has 2 aromatic heterocycles. The van der Waals surface area contributed by atoms with Crippen molar-refractivity contribution in [2.24, 2.45) is 5.92 Å². The molecule has 0 saturated carbocycles. The van der Waals surface area contributed by atoms with Crippen LogP contribution < -0.4 is 16.0 Å². The number of Topliss-reactive ketones (excluding diaryl/α,β-unsaturated/α-hetero) is 1. The third kappa shape index (κ3) is 6.31. The van der Waals surface area contributed by atoms with Crippen molar-refractivity contribution in [3.8, 4) is 5.69 Å². The van der Waals surface area contributed by atoms with Gasteiger partial charge in [-0.3, -0.25) is 15.2 Å². The zero-order valence-corrected chi connectivity index (χ0v) is 25.3. The van der Waals surface area contributed by atoms with Crippen LogP contribution in [0.4, 0.5) is 16.3 Å². The van der Waals surface area contributed by atoms with Crippen LogP contribution in [0, 0.1) is 26.7 Å².